The molecule has 0 saturated heterocycles. The SMILES string of the molecule is O=C(CNC(=O)c1nn(-c2ccc(F)cc2)c2c1CCC2)NCc1ccco1. The summed E-state index contributed by atoms with van der Waals surface area (Å²) in [7, 11) is 0. The zero-order valence-electron chi connectivity index (χ0n) is 15.1. The third-order valence-corrected chi connectivity index (χ3v) is 4.67. The number of hydrogen-bond donors (Lipinski definition) is 2. The van der Waals surface area contributed by atoms with E-state index in [1.165, 1.54) is 18.4 Å². The predicted octanol–water partition coefficient (Wildman–Crippen LogP) is 2.14. The number of carbonyl (C=O) groups excluding carboxylic acids is 2. The third-order valence-electron chi connectivity index (χ3n) is 4.67. The van der Waals surface area contributed by atoms with Crippen LogP contribution in [0, 0.1) is 5.82 Å². The molecular formula is C20H19FN4O3. The summed E-state index contributed by atoms with van der Waals surface area (Å²) in [6, 6.07) is 9.48. The fourth-order valence-electron chi connectivity index (χ4n) is 3.32. The van der Waals surface area contributed by atoms with Gasteiger partial charge < -0.3 is 15.1 Å². The van der Waals surface area contributed by atoms with Gasteiger partial charge in [-0.2, -0.15) is 5.10 Å². The molecule has 0 radical (unpaired) electrons. The van der Waals surface area contributed by atoms with E-state index in [4.69, 9.17) is 4.42 Å². The molecule has 0 fully saturated rings. The number of nitrogens with zero attached hydrogens (tertiary/aromatic N) is 2. The van der Waals surface area contributed by atoms with Crippen LogP contribution >= 0.6 is 0 Å². The topological polar surface area (TPSA) is 89.2 Å². The molecule has 0 spiro atoms. The second kappa shape index (κ2) is 7.67. The largest absolute Gasteiger partial charge is 0.467 e. The van der Waals surface area contributed by atoms with Crippen molar-refractivity contribution in [3.05, 3.63) is 71.2 Å². The fourth-order valence-corrected chi connectivity index (χ4v) is 3.32. The van der Waals surface area contributed by atoms with Gasteiger partial charge in [0.25, 0.3) is 5.91 Å². The lowest BCUT2D eigenvalue weighted by Gasteiger charge is -2.06. The predicted molar refractivity (Wildman–Crippen MR) is 98.4 cm³/mol. The number of benzene rings is 1. The van der Waals surface area contributed by atoms with E-state index in [0.717, 1.165) is 30.5 Å². The molecule has 0 aliphatic heterocycles. The molecule has 2 N–H and O–H groups in total. The van der Waals surface area contributed by atoms with Crippen LogP contribution in [0.4, 0.5) is 4.39 Å². The maximum atomic E-state index is 13.2. The first-order valence-corrected chi connectivity index (χ1v) is 9.06. The zero-order chi connectivity index (χ0) is 19.5. The Kier molecular flexibility index (Phi) is 4.92. The summed E-state index contributed by atoms with van der Waals surface area (Å²) in [6.07, 6.45) is 4.01. The molecule has 1 aliphatic rings. The Morgan fingerprint density at radius 2 is 1.96 bits per heavy atom. The molecule has 144 valence electrons. The van der Waals surface area contributed by atoms with Gasteiger partial charge in [0.05, 0.1) is 25.0 Å². The van der Waals surface area contributed by atoms with Gasteiger partial charge in [-0.1, -0.05) is 0 Å². The van der Waals surface area contributed by atoms with Crippen molar-refractivity contribution in [3.8, 4) is 5.69 Å². The van der Waals surface area contributed by atoms with Crippen LogP contribution in [0.3, 0.4) is 0 Å². The summed E-state index contributed by atoms with van der Waals surface area (Å²) >= 11 is 0. The Balaban J connectivity index is 1.43. The van der Waals surface area contributed by atoms with Gasteiger partial charge in [-0.25, -0.2) is 9.07 Å². The zero-order valence-corrected chi connectivity index (χ0v) is 15.1. The maximum Gasteiger partial charge on any atom is 0.272 e. The quantitative estimate of drug-likeness (QED) is 0.684. The standard InChI is InChI=1S/C20H19FN4O3/c21-13-6-8-14(9-7-13)25-17-5-1-4-16(17)19(24-25)20(27)23-12-18(26)22-11-15-3-2-10-28-15/h2-3,6-10H,1,4-5,11-12H2,(H,22,26)(H,23,27). The lowest BCUT2D eigenvalue weighted by atomic mass is 10.2. The Morgan fingerprint density at radius 3 is 2.71 bits per heavy atom. The van der Waals surface area contributed by atoms with Crippen LogP contribution in [-0.4, -0.2) is 28.1 Å². The smallest absolute Gasteiger partial charge is 0.272 e. The number of halogens is 1. The summed E-state index contributed by atoms with van der Waals surface area (Å²) in [6.45, 7) is 0.105. The van der Waals surface area contributed by atoms with Crippen LogP contribution in [0.1, 0.15) is 33.9 Å². The number of furan rings is 1. The van der Waals surface area contributed by atoms with Crippen molar-refractivity contribution in [1.29, 1.82) is 0 Å². The highest BCUT2D eigenvalue weighted by Gasteiger charge is 2.27. The van der Waals surface area contributed by atoms with Gasteiger partial charge in [0.2, 0.25) is 5.91 Å². The molecule has 8 heteroatoms. The van der Waals surface area contributed by atoms with Crippen LogP contribution in [0.25, 0.3) is 5.69 Å². The molecule has 2 heterocycles. The van der Waals surface area contributed by atoms with Crippen molar-refractivity contribution >= 4 is 11.8 Å². The molecule has 0 bridgehead atoms. The Hall–Kier alpha value is -3.42. The minimum absolute atomic E-state index is 0.155. The summed E-state index contributed by atoms with van der Waals surface area (Å²) in [5, 5.41) is 9.72. The number of carbonyl (C=O) groups is 2. The number of fused-ring (bicyclic) bond motifs is 1. The van der Waals surface area contributed by atoms with E-state index >= 15 is 0 Å². The lowest BCUT2D eigenvalue weighted by Crippen LogP contribution is -2.37. The summed E-state index contributed by atoms with van der Waals surface area (Å²) in [4.78, 5) is 24.5. The van der Waals surface area contributed by atoms with E-state index < -0.39 is 5.91 Å². The normalized spacial score (nSPS) is 12.6. The molecule has 0 unspecified atom stereocenters. The lowest BCUT2D eigenvalue weighted by molar-refractivity contribution is -0.120. The van der Waals surface area contributed by atoms with E-state index in [2.05, 4.69) is 15.7 Å². The molecule has 3 aromatic rings. The van der Waals surface area contributed by atoms with Gasteiger partial charge in [-0.3, -0.25) is 9.59 Å². The van der Waals surface area contributed by atoms with Crippen molar-refractivity contribution in [2.45, 2.75) is 25.8 Å². The first-order valence-electron chi connectivity index (χ1n) is 9.06. The van der Waals surface area contributed by atoms with Crippen LogP contribution < -0.4 is 10.6 Å². The van der Waals surface area contributed by atoms with E-state index in [0.29, 0.717) is 17.1 Å². The molecular weight excluding hydrogens is 363 g/mol. The summed E-state index contributed by atoms with van der Waals surface area (Å²) < 4.78 is 20.0. The Morgan fingerprint density at radius 1 is 1.14 bits per heavy atom. The highest BCUT2D eigenvalue weighted by atomic mass is 19.1. The van der Waals surface area contributed by atoms with Gasteiger partial charge in [-0.15, -0.1) is 0 Å². The molecule has 2 amide bonds. The molecule has 2 aromatic heterocycles. The van der Waals surface area contributed by atoms with Gasteiger partial charge in [0, 0.05) is 11.3 Å². The number of hydrogen-bond acceptors (Lipinski definition) is 4. The second-order valence-electron chi connectivity index (χ2n) is 6.55. The Labute approximate surface area is 160 Å². The van der Waals surface area contributed by atoms with E-state index in [9.17, 15) is 14.0 Å². The summed E-state index contributed by atoms with van der Waals surface area (Å²) in [5.41, 5.74) is 2.86. The van der Waals surface area contributed by atoms with Gasteiger partial charge in [0.15, 0.2) is 5.69 Å². The van der Waals surface area contributed by atoms with Crippen molar-refractivity contribution in [1.82, 2.24) is 20.4 Å². The van der Waals surface area contributed by atoms with Crippen molar-refractivity contribution in [2.24, 2.45) is 0 Å². The molecule has 0 atom stereocenters. The van der Waals surface area contributed by atoms with E-state index in [1.54, 1.807) is 28.9 Å². The molecule has 7 nitrogen and oxygen atoms in total. The minimum Gasteiger partial charge on any atom is -0.467 e. The molecule has 28 heavy (non-hydrogen) atoms. The van der Waals surface area contributed by atoms with Gasteiger partial charge in [0.1, 0.15) is 11.6 Å². The molecule has 1 aliphatic carbocycles. The molecule has 0 saturated carbocycles. The van der Waals surface area contributed by atoms with Gasteiger partial charge in [-0.05, 0) is 55.7 Å². The number of aromatic nitrogens is 2. The van der Waals surface area contributed by atoms with Gasteiger partial charge >= 0.3 is 0 Å². The van der Waals surface area contributed by atoms with Crippen LogP contribution in [0.15, 0.2) is 47.1 Å². The monoisotopic (exact) mass is 382 g/mol. The fraction of sp³-hybridized carbons (Fsp3) is 0.250. The highest BCUT2D eigenvalue weighted by molar-refractivity contribution is 5.96. The van der Waals surface area contributed by atoms with E-state index in [1.807, 2.05) is 0 Å². The molecule has 4 rings (SSSR count). The van der Waals surface area contributed by atoms with Crippen molar-refractivity contribution in [2.75, 3.05) is 6.54 Å². The minimum atomic E-state index is -0.396. The summed E-state index contributed by atoms with van der Waals surface area (Å²) in [5.74, 6) is -0.409. The highest BCUT2D eigenvalue weighted by Crippen LogP contribution is 2.27. The first kappa shape index (κ1) is 18.0. The average Bonchev–Trinajstić information content (AvgIpc) is 3.43. The number of nitrogens with one attached hydrogen (secondary N) is 2. The van der Waals surface area contributed by atoms with E-state index in [-0.39, 0.29) is 24.8 Å². The van der Waals surface area contributed by atoms with Crippen LogP contribution in [0.5, 0.6) is 0 Å². The van der Waals surface area contributed by atoms with Crippen molar-refractivity contribution < 1.29 is 18.4 Å². The number of rotatable bonds is 6. The first-order chi connectivity index (χ1) is 13.6. The number of amides is 2. The second-order valence-corrected chi connectivity index (χ2v) is 6.55. The third kappa shape index (κ3) is 3.66. The average molecular weight is 382 g/mol. The molecule has 1 aromatic carbocycles. The van der Waals surface area contributed by atoms with Crippen LogP contribution in [-0.2, 0) is 24.2 Å². The van der Waals surface area contributed by atoms with Crippen LogP contribution in [0.2, 0.25) is 0 Å². The van der Waals surface area contributed by atoms with Crippen molar-refractivity contribution in [3.63, 3.8) is 0 Å². The maximum absolute atomic E-state index is 13.2. The Bertz CT molecular complexity index is 993.